The lowest BCUT2D eigenvalue weighted by Gasteiger charge is -2.10. The lowest BCUT2D eigenvalue weighted by Crippen LogP contribution is -2.25. The third-order valence-electron chi connectivity index (χ3n) is 2.89. The van der Waals surface area contributed by atoms with Crippen molar-refractivity contribution in [3.05, 3.63) is 35.4 Å². The van der Waals surface area contributed by atoms with Gasteiger partial charge in [-0.15, -0.1) is 0 Å². The Labute approximate surface area is 106 Å². The third-order valence-corrected chi connectivity index (χ3v) is 2.89. The average molecular weight is 234 g/mol. The maximum absolute atomic E-state index is 5.58. The minimum atomic E-state index is 0.551. The summed E-state index contributed by atoms with van der Waals surface area (Å²) in [6.45, 7) is 9.35. The van der Waals surface area contributed by atoms with Gasteiger partial charge in [0, 0.05) is 6.54 Å². The SMILES string of the molecule is CC(C)Cc1ccc(CNCC(C)CN)cc1. The fourth-order valence-electron chi connectivity index (χ4n) is 1.81. The molecule has 0 spiro atoms. The van der Waals surface area contributed by atoms with Crippen LogP contribution in [0.2, 0.25) is 0 Å². The first-order valence-electron chi connectivity index (χ1n) is 6.60. The van der Waals surface area contributed by atoms with E-state index >= 15 is 0 Å². The number of benzene rings is 1. The summed E-state index contributed by atoms with van der Waals surface area (Å²) in [5.41, 5.74) is 8.36. The van der Waals surface area contributed by atoms with Crippen LogP contribution in [0.1, 0.15) is 31.9 Å². The molecule has 0 bridgehead atoms. The summed E-state index contributed by atoms with van der Waals surface area (Å²) >= 11 is 0. The summed E-state index contributed by atoms with van der Waals surface area (Å²) in [5, 5.41) is 3.43. The molecule has 1 unspecified atom stereocenters. The maximum atomic E-state index is 5.58. The minimum Gasteiger partial charge on any atom is -0.330 e. The molecular weight excluding hydrogens is 208 g/mol. The standard InChI is InChI=1S/C15H26N2/c1-12(2)8-14-4-6-15(7-5-14)11-17-10-13(3)9-16/h4-7,12-13,17H,8-11,16H2,1-3H3. The van der Waals surface area contributed by atoms with Crippen LogP contribution >= 0.6 is 0 Å². The molecule has 0 heterocycles. The van der Waals surface area contributed by atoms with E-state index in [4.69, 9.17) is 5.73 Å². The summed E-state index contributed by atoms with van der Waals surface area (Å²) in [5.74, 6) is 1.28. The van der Waals surface area contributed by atoms with Gasteiger partial charge in [-0.25, -0.2) is 0 Å². The monoisotopic (exact) mass is 234 g/mol. The van der Waals surface area contributed by atoms with Crippen molar-refractivity contribution in [2.45, 2.75) is 33.7 Å². The fraction of sp³-hybridized carbons (Fsp3) is 0.600. The van der Waals surface area contributed by atoms with Gasteiger partial charge in [0.2, 0.25) is 0 Å². The highest BCUT2D eigenvalue weighted by Gasteiger charge is 2.00. The number of nitrogens with one attached hydrogen (secondary N) is 1. The molecule has 0 radical (unpaired) electrons. The molecule has 0 aromatic heterocycles. The van der Waals surface area contributed by atoms with Crippen molar-refractivity contribution in [3.63, 3.8) is 0 Å². The Morgan fingerprint density at radius 3 is 2.18 bits per heavy atom. The van der Waals surface area contributed by atoms with Crippen molar-refractivity contribution < 1.29 is 0 Å². The smallest absolute Gasteiger partial charge is 0.0205 e. The van der Waals surface area contributed by atoms with Gasteiger partial charge in [0.1, 0.15) is 0 Å². The Morgan fingerprint density at radius 2 is 1.65 bits per heavy atom. The molecule has 1 aromatic carbocycles. The van der Waals surface area contributed by atoms with E-state index in [1.807, 2.05) is 0 Å². The molecule has 0 saturated carbocycles. The van der Waals surface area contributed by atoms with Crippen molar-refractivity contribution in [3.8, 4) is 0 Å². The zero-order valence-electron chi connectivity index (χ0n) is 11.4. The fourth-order valence-corrected chi connectivity index (χ4v) is 1.81. The second kappa shape index (κ2) is 7.46. The second-order valence-electron chi connectivity index (χ2n) is 5.39. The van der Waals surface area contributed by atoms with Crippen LogP contribution in [0.15, 0.2) is 24.3 Å². The van der Waals surface area contributed by atoms with E-state index in [-0.39, 0.29) is 0 Å². The van der Waals surface area contributed by atoms with Gasteiger partial charge in [-0.05, 0) is 42.5 Å². The molecule has 3 N–H and O–H groups in total. The summed E-state index contributed by atoms with van der Waals surface area (Å²) < 4.78 is 0. The lowest BCUT2D eigenvalue weighted by atomic mass is 10.0. The first-order valence-corrected chi connectivity index (χ1v) is 6.60. The van der Waals surface area contributed by atoms with Crippen LogP contribution in [0.3, 0.4) is 0 Å². The Hall–Kier alpha value is -0.860. The highest BCUT2D eigenvalue weighted by molar-refractivity contribution is 5.22. The molecule has 0 amide bonds. The Balaban J connectivity index is 2.35. The number of hydrogen-bond acceptors (Lipinski definition) is 2. The third kappa shape index (κ3) is 5.85. The molecule has 0 aliphatic heterocycles. The summed E-state index contributed by atoms with van der Waals surface area (Å²) in [6, 6.07) is 8.92. The zero-order chi connectivity index (χ0) is 12.7. The van der Waals surface area contributed by atoms with Crippen LogP contribution in [0.25, 0.3) is 0 Å². The Morgan fingerprint density at radius 1 is 1.06 bits per heavy atom. The van der Waals surface area contributed by atoms with Crippen molar-refractivity contribution >= 4 is 0 Å². The minimum absolute atomic E-state index is 0.551. The van der Waals surface area contributed by atoms with Crippen molar-refractivity contribution in [1.82, 2.24) is 5.32 Å². The van der Waals surface area contributed by atoms with Crippen molar-refractivity contribution in [1.29, 1.82) is 0 Å². The van der Waals surface area contributed by atoms with E-state index < -0.39 is 0 Å². The first-order chi connectivity index (χ1) is 8.11. The maximum Gasteiger partial charge on any atom is 0.0205 e. The van der Waals surface area contributed by atoms with Crippen LogP contribution < -0.4 is 11.1 Å². The van der Waals surface area contributed by atoms with Crippen molar-refractivity contribution in [2.24, 2.45) is 17.6 Å². The summed E-state index contributed by atoms with van der Waals surface area (Å²) in [6.07, 6.45) is 1.16. The van der Waals surface area contributed by atoms with Gasteiger partial charge in [-0.1, -0.05) is 45.0 Å². The molecule has 1 rings (SSSR count). The summed E-state index contributed by atoms with van der Waals surface area (Å²) in [7, 11) is 0. The number of nitrogens with two attached hydrogens (primary N) is 1. The van der Waals surface area contributed by atoms with Gasteiger partial charge < -0.3 is 11.1 Å². The molecule has 0 aliphatic rings. The molecule has 1 atom stereocenters. The number of rotatable bonds is 7. The van der Waals surface area contributed by atoms with E-state index in [1.54, 1.807) is 0 Å². The molecule has 2 nitrogen and oxygen atoms in total. The van der Waals surface area contributed by atoms with Crippen LogP contribution in [-0.2, 0) is 13.0 Å². The quantitative estimate of drug-likeness (QED) is 0.761. The van der Waals surface area contributed by atoms with Crippen LogP contribution in [0, 0.1) is 11.8 Å². The van der Waals surface area contributed by atoms with Crippen LogP contribution in [0.4, 0.5) is 0 Å². The van der Waals surface area contributed by atoms with Gasteiger partial charge in [-0.3, -0.25) is 0 Å². The highest BCUT2D eigenvalue weighted by atomic mass is 14.9. The molecule has 2 heteroatoms. The number of hydrogen-bond donors (Lipinski definition) is 2. The van der Waals surface area contributed by atoms with Crippen LogP contribution in [0.5, 0.6) is 0 Å². The molecule has 0 aliphatic carbocycles. The lowest BCUT2D eigenvalue weighted by molar-refractivity contribution is 0.522. The molecular formula is C15H26N2. The van der Waals surface area contributed by atoms with E-state index in [0.717, 1.165) is 32.0 Å². The molecule has 0 saturated heterocycles. The second-order valence-corrected chi connectivity index (χ2v) is 5.39. The largest absolute Gasteiger partial charge is 0.330 e. The van der Waals surface area contributed by atoms with Gasteiger partial charge in [0.15, 0.2) is 0 Å². The van der Waals surface area contributed by atoms with Gasteiger partial charge in [-0.2, -0.15) is 0 Å². The normalized spacial score (nSPS) is 13.0. The zero-order valence-corrected chi connectivity index (χ0v) is 11.4. The Kier molecular flexibility index (Phi) is 6.23. The van der Waals surface area contributed by atoms with E-state index in [9.17, 15) is 0 Å². The van der Waals surface area contributed by atoms with Crippen LogP contribution in [-0.4, -0.2) is 13.1 Å². The molecule has 1 aromatic rings. The van der Waals surface area contributed by atoms with E-state index in [2.05, 4.69) is 50.4 Å². The summed E-state index contributed by atoms with van der Waals surface area (Å²) in [4.78, 5) is 0. The predicted octanol–water partition coefficient (Wildman–Crippen LogP) is 2.57. The molecule has 17 heavy (non-hydrogen) atoms. The highest BCUT2D eigenvalue weighted by Crippen LogP contribution is 2.09. The van der Waals surface area contributed by atoms with E-state index in [1.165, 1.54) is 11.1 Å². The first kappa shape index (κ1) is 14.2. The van der Waals surface area contributed by atoms with Gasteiger partial charge in [0.05, 0.1) is 0 Å². The predicted molar refractivity (Wildman–Crippen MR) is 74.9 cm³/mol. The van der Waals surface area contributed by atoms with E-state index in [0.29, 0.717) is 5.92 Å². The average Bonchev–Trinajstić information content (AvgIpc) is 2.30. The molecule has 96 valence electrons. The Bertz CT molecular complexity index is 303. The topological polar surface area (TPSA) is 38.0 Å². The van der Waals surface area contributed by atoms with Crippen molar-refractivity contribution in [2.75, 3.05) is 13.1 Å². The van der Waals surface area contributed by atoms with Gasteiger partial charge >= 0.3 is 0 Å². The molecule has 0 fully saturated rings. The van der Waals surface area contributed by atoms with Gasteiger partial charge in [0.25, 0.3) is 0 Å².